The maximum atomic E-state index is 13.9. The van der Waals surface area contributed by atoms with Crippen LogP contribution in [0.1, 0.15) is 24.1 Å². The molecular weight excluding hydrogens is 544 g/mol. The number of ether oxygens (including phenoxy) is 1. The number of carbonyl (C=O) groups is 1. The van der Waals surface area contributed by atoms with Crippen LogP contribution in [0.2, 0.25) is 5.02 Å². The van der Waals surface area contributed by atoms with E-state index < -0.39 is 6.04 Å². The molecule has 0 bridgehead atoms. The van der Waals surface area contributed by atoms with Crippen molar-refractivity contribution in [3.8, 4) is 0 Å². The van der Waals surface area contributed by atoms with Gasteiger partial charge in [0.05, 0.1) is 35.1 Å². The zero-order chi connectivity index (χ0) is 27.6. The zero-order valence-corrected chi connectivity index (χ0v) is 23.4. The molecule has 1 aromatic heterocycles. The fourth-order valence-electron chi connectivity index (χ4n) is 5.05. The first-order valence-electron chi connectivity index (χ1n) is 13.0. The van der Waals surface area contributed by atoms with Gasteiger partial charge in [0.1, 0.15) is 0 Å². The molecule has 7 nitrogen and oxygen atoms in total. The largest absolute Gasteiger partial charge is 0.378 e. The Bertz CT molecular complexity index is 1750. The molecule has 40 heavy (non-hydrogen) atoms. The van der Waals surface area contributed by atoms with Gasteiger partial charge >= 0.3 is 0 Å². The van der Waals surface area contributed by atoms with Crippen LogP contribution in [0.4, 0.5) is 11.4 Å². The molecule has 1 fully saturated rings. The van der Waals surface area contributed by atoms with Crippen molar-refractivity contribution < 1.29 is 9.53 Å². The number of nitrogens with one attached hydrogen (secondary N) is 1. The number of aromatic nitrogens is 1. The van der Waals surface area contributed by atoms with Crippen LogP contribution < -0.4 is 25.1 Å². The van der Waals surface area contributed by atoms with Gasteiger partial charge in [0.15, 0.2) is 4.80 Å². The highest BCUT2D eigenvalue weighted by Crippen LogP contribution is 2.31. The van der Waals surface area contributed by atoms with Crippen molar-refractivity contribution in [2.75, 3.05) is 36.5 Å². The van der Waals surface area contributed by atoms with E-state index in [1.807, 2.05) is 67.6 Å². The van der Waals surface area contributed by atoms with E-state index in [1.54, 1.807) is 16.7 Å². The van der Waals surface area contributed by atoms with Crippen molar-refractivity contribution in [2.45, 2.75) is 13.0 Å². The Hall–Kier alpha value is -3.98. The van der Waals surface area contributed by atoms with Crippen LogP contribution in [-0.2, 0) is 9.53 Å². The standard InChI is InChI=1S/C31H27ClN4O3S/c1-20-27(29(37)34-24-5-3-2-4-6-24)28(22-9-11-23(32)12-10-22)36-30(38)26(40-31(36)33-20)19-21-7-13-25(14-8-21)35-15-17-39-18-16-35/h2-14,19,28H,15-18H2,1H3,(H,34,37)/b26-19+/t28-/m1/s1. The Balaban J connectivity index is 1.41. The quantitative estimate of drug-likeness (QED) is 0.387. The van der Waals surface area contributed by atoms with Gasteiger partial charge in [-0.3, -0.25) is 14.2 Å². The minimum absolute atomic E-state index is 0.196. The van der Waals surface area contributed by atoms with Crippen LogP contribution in [0.25, 0.3) is 6.08 Å². The molecule has 3 aromatic carbocycles. The third kappa shape index (κ3) is 5.25. The minimum Gasteiger partial charge on any atom is -0.378 e. The molecule has 9 heteroatoms. The lowest BCUT2D eigenvalue weighted by Crippen LogP contribution is -2.40. The molecule has 0 unspecified atom stereocenters. The second-order valence-corrected chi connectivity index (χ2v) is 11.1. The molecule has 4 aromatic rings. The predicted molar refractivity (Wildman–Crippen MR) is 160 cm³/mol. The molecule has 1 amide bonds. The second kappa shape index (κ2) is 11.3. The number of allylic oxidation sites excluding steroid dienone is 1. The average Bonchev–Trinajstić information content (AvgIpc) is 3.28. The van der Waals surface area contributed by atoms with Crippen LogP contribution in [0, 0.1) is 0 Å². The molecule has 0 aliphatic carbocycles. The van der Waals surface area contributed by atoms with Gasteiger partial charge in [-0.2, -0.15) is 0 Å². The van der Waals surface area contributed by atoms with E-state index in [9.17, 15) is 9.59 Å². The topological polar surface area (TPSA) is 75.9 Å². The van der Waals surface area contributed by atoms with Gasteiger partial charge in [0.25, 0.3) is 11.5 Å². The lowest BCUT2D eigenvalue weighted by molar-refractivity contribution is -0.113. The number of anilines is 2. The lowest BCUT2D eigenvalue weighted by atomic mass is 9.95. The van der Waals surface area contributed by atoms with Gasteiger partial charge in [-0.05, 0) is 60.5 Å². The van der Waals surface area contributed by atoms with Crippen LogP contribution in [0.5, 0.6) is 0 Å². The zero-order valence-electron chi connectivity index (χ0n) is 21.8. The maximum Gasteiger partial charge on any atom is 0.271 e. The molecule has 202 valence electrons. The van der Waals surface area contributed by atoms with Crippen LogP contribution >= 0.6 is 22.9 Å². The number of fused-ring (bicyclic) bond motifs is 1. The number of para-hydroxylation sites is 1. The van der Waals surface area contributed by atoms with E-state index >= 15 is 0 Å². The second-order valence-electron chi connectivity index (χ2n) is 9.64. The highest BCUT2D eigenvalue weighted by molar-refractivity contribution is 7.07. The summed E-state index contributed by atoms with van der Waals surface area (Å²) in [5.74, 6) is -0.305. The van der Waals surface area contributed by atoms with E-state index in [4.69, 9.17) is 21.3 Å². The number of hydrogen-bond donors (Lipinski definition) is 1. The predicted octanol–water partition coefficient (Wildman–Crippen LogP) is 4.36. The maximum absolute atomic E-state index is 13.9. The Morgan fingerprint density at radius 3 is 2.42 bits per heavy atom. The number of amides is 1. The van der Waals surface area contributed by atoms with Crippen LogP contribution in [-0.4, -0.2) is 36.8 Å². The molecule has 1 saturated heterocycles. The summed E-state index contributed by atoms with van der Waals surface area (Å²) >= 11 is 7.50. The van der Waals surface area contributed by atoms with E-state index in [1.165, 1.54) is 11.3 Å². The Labute approximate surface area is 240 Å². The van der Waals surface area contributed by atoms with Gasteiger partial charge in [-0.1, -0.05) is 65.4 Å². The molecule has 3 heterocycles. The Morgan fingerprint density at radius 2 is 1.73 bits per heavy atom. The number of thiazole rings is 1. The van der Waals surface area contributed by atoms with Crippen molar-refractivity contribution in [3.63, 3.8) is 0 Å². The summed E-state index contributed by atoms with van der Waals surface area (Å²) < 4.78 is 7.63. The van der Waals surface area contributed by atoms with Crippen molar-refractivity contribution >= 4 is 46.3 Å². The SMILES string of the molecule is CC1=C(C(=O)Nc2ccccc2)[C@@H](c2ccc(Cl)cc2)n2c(s/c(=C/c3ccc(N4CCOCC4)cc3)c2=O)=N1. The minimum atomic E-state index is -0.650. The molecule has 1 N–H and O–H groups in total. The first-order valence-corrected chi connectivity index (χ1v) is 14.2. The molecule has 0 spiro atoms. The number of morpholine rings is 1. The van der Waals surface area contributed by atoms with E-state index in [0.717, 1.165) is 43.1 Å². The number of hydrogen-bond acceptors (Lipinski definition) is 6. The summed E-state index contributed by atoms with van der Waals surface area (Å²) in [5.41, 5.74) is 4.28. The van der Waals surface area contributed by atoms with Crippen molar-refractivity contribution in [1.82, 2.24) is 4.57 Å². The fraction of sp³-hybridized carbons (Fsp3) is 0.194. The summed E-state index contributed by atoms with van der Waals surface area (Å²) in [6, 6.07) is 24.0. The van der Waals surface area contributed by atoms with E-state index in [2.05, 4.69) is 22.3 Å². The monoisotopic (exact) mass is 570 g/mol. The lowest BCUT2D eigenvalue weighted by Gasteiger charge is -2.28. The van der Waals surface area contributed by atoms with Gasteiger partial charge < -0.3 is 15.0 Å². The third-order valence-corrected chi connectivity index (χ3v) is 8.29. The molecular formula is C31H27ClN4O3S. The highest BCUT2D eigenvalue weighted by atomic mass is 35.5. The Morgan fingerprint density at radius 1 is 1.02 bits per heavy atom. The molecule has 2 aliphatic rings. The summed E-state index contributed by atoms with van der Waals surface area (Å²) in [6.45, 7) is 4.99. The van der Waals surface area contributed by atoms with Crippen LogP contribution in [0.15, 0.2) is 99.9 Å². The first kappa shape index (κ1) is 26.3. The van der Waals surface area contributed by atoms with E-state index in [0.29, 0.717) is 31.3 Å². The molecule has 0 saturated carbocycles. The third-order valence-electron chi connectivity index (χ3n) is 7.05. The molecule has 0 radical (unpaired) electrons. The fourth-order valence-corrected chi connectivity index (χ4v) is 6.22. The summed E-state index contributed by atoms with van der Waals surface area (Å²) in [4.78, 5) is 35.1. The first-order chi connectivity index (χ1) is 19.5. The van der Waals surface area contributed by atoms with Crippen molar-refractivity contribution in [3.05, 3.63) is 126 Å². The number of rotatable bonds is 5. The summed E-state index contributed by atoms with van der Waals surface area (Å²) in [6.07, 6.45) is 1.88. The number of halogens is 1. The van der Waals surface area contributed by atoms with Gasteiger partial charge in [-0.15, -0.1) is 0 Å². The average molecular weight is 571 g/mol. The van der Waals surface area contributed by atoms with Crippen molar-refractivity contribution in [2.24, 2.45) is 4.99 Å². The van der Waals surface area contributed by atoms with Gasteiger partial charge in [-0.25, -0.2) is 4.99 Å². The highest BCUT2D eigenvalue weighted by Gasteiger charge is 2.32. The summed E-state index contributed by atoms with van der Waals surface area (Å²) in [5, 5.41) is 3.54. The molecule has 2 aliphatic heterocycles. The number of carbonyl (C=O) groups excluding carboxylic acids is 1. The molecule has 6 rings (SSSR count). The number of nitrogens with zero attached hydrogens (tertiary/aromatic N) is 3. The Kier molecular flexibility index (Phi) is 7.38. The van der Waals surface area contributed by atoms with E-state index in [-0.39, 0.29) is 11.5 Å². The normalized spacial score (nSPS) is 17.4. The van der Waals surface area contributed by atoms with Gasteiger partial charge in [0.2, 0.25) is 0 Å². The summed E-state index contributed by atoms with van der Waals surface area (Å²) in [7, 11) is 0. The van der Waals surface area contributed by atoms with Crippen molar-refractivity contribution in [1.29, 1.82) is 0 Å². The molecule has 1 atom stereocenters. The number of benzene rings is 3. The van der Waals surface area contributed by atoms with Gasteiger partial charge in [0, 0.05) is 29.5 Å². The van der Waals surface area contributed by atoms with Crippen LogP contribution in [0.3, 0.4) is 0 Å². The smallest absolute Gasteiger partial charge is 0.271 e.